The Hall–Kier alpha value is -1.60. The first-order valence-electron chi connectivity index (χ1n) is 8.23. The molecule has 1 amide bonds. The molecule has 1 aromatic heterocycles. The number of carbonyl (C=O) groups is 1. The van der Waals surface area contributed by atoms with Gasteiger partial charge in [0.05, 0.1) is 5.69 Å². The van der Waals surface area contributed by atoms with Gasteiger partial charge in [-0.25, -0.2) is 9.78 Å². The van der Waals surface area contributed by atoms with Crippen molar-refractivity contribution in [2.45, 2.75) is 38.8 Å². The summed E-state index contributed by atoms with van der Waals surface area (Å²) in [5.41, 5.74) is 0.0210. The minimum atomic E-state index is -1.29. The van der Waals surface area contributed by atoms with Gasteiger partial charge in [0, 0.05) is 37.8 Å². The third kappa shape index (κ3) is 3.57. The van der Waals surface area contributed by atoms with Crippen molar-refractivity contribution in [1.82, 2.24) is 9.88 Å². The van der Waals surface area contributed by atoms with Gasteiger partial charge in [-0.15, -0.1) is 0 Å². The highest BCUT2D eigenvalue weighted by Gasteiger charge is 2.35. The van der Waals surface area contributed by atoms with Crippen LogP contribution in [0.2, 0.25) is 5.02 Å². The van der Waals surface area contributed by atoms with Gasteiger partial charge < -0.3 is 10.0 Å². The summed E-state index contributed by atoms with van der Waals surface area (Å²) in [4.78, 5) is 19.2. The van der Waals surface area contributed by atoms with Gasteiger partial charge in [-0.05, 0) is 32.6 Å². The monoisotopic (exact) mass is 356 g/mol. The van der Waals surface area contributed by atoms with Gasteiger partial charge in [-0.1, -0.05) is 11.6 Å². The average Bonchev–Trinajstić information content (AvgIpc) is 3.35. The molecule has 2 N–H and O–H groups in total. The lowest BCUT2D eigenvalue weighted by Gasteiger charge is -2.43. The zero-order valence-corrected chi connectivity index (χ0v) is 14.6. The number of nitrogens with one attached hydrogen (secondary N) is 1. The molecule has 3 rings (SSSR count). The molecule has 2 heterocycles. The maximum atomic E-state index is 14.0. The largest absolute Gasteiger partial charge is 0.465 e. The first kappa shape index (κ1) is 17.2. The van der Waals surface area contributed by atoms with Crippen LogP contribution >= 0.6 is 11.6 Å². The Balaban J connectivity index is 1.76. The number of halogens is 2. The van der Waals surface area contributed by atoms with Crippen LogP contribution in [0, 0.1) is 11.9 Å². The Morgan fingerprint density at radius 1 is 1.50 bits per heavy atom. The van der Waals surface area contributed by atoms with Crippen LogP contribution < -0.4 is 10.2 Å². The molecule has 0 spiro atoms. The van der Waals surface area contributed by atoms with Crippen LogP contribution in [0.3, 0.4) is 0 Å². The van der Waals surface area contributed by atoms with Crippen molar-refractivity contribution >= 4 is 29.2 Å². The lowest BCUT2D eigenvalue weighted by atomic mass is 10.1. The van der Waals surface area contributed by atoms with Gasteiger partial charge in [0.15, 0.2) is 0 Å². The Morgan fingerprint density at radius 3 is 2.79 bits per heavy atom. The fourth-order valence-electron chi connectivity index (χ4n) is 3.41. The van der Waals surface area contributed by atoms with E-state index in [0.29, 0.717) is 11.9 Å². The Labute approximate surface area is 145 Å². The summed E-state index contributed by atoms with van der Waals surface area (Å²) in [6, 6.07) is 2.23. The van der Waals surface area contributed by atoms with E-state index in [9.17, 15) is 9.18 Å². The van der Waals surface area contributed by atoms with Gasteiger partial charge in [0.1, 0.15) is 10.8 Å². The summed E-state index contributed by atoms with van der Waals surface area (Å²) in [6.07, 6.45) is 1.33. The fraction of sp³-hybridized carbons (Fsp3) is 0.625. The minimum absolute atomic E-state index is 0.0210. The fourth-order valence-corrected chi connectivity index (χ4v) is 3.56. The smallest absolute Gasteiger partial charge is 0.409 e. The Kier molecular flexibility index (Phi) is 4.83. The lowest BCUT2D eigenvalue weighted by molar-refractivity contribution is 0.158. The zero-order chi connectivity index (χ0) is 17.4. The van der Waals surface area contributed by atoms with E-state index in [1.807, 2.05) is 4.90 Å². The van der Waals surface area contributed by atoms with Crippen molar-refractivity contribution in [2.75, 3.05) is 29.9 Å². The molecule has 24 heavy (non-hydrogen) atoms. The average molecular weight is 357 g/mol. The van der Waals surface area contributed by atoms with Gasteiger partial charge in [-0.2, -0.15) is 4.39 Å². The summed E-state index contributed by atoms with van der Waals surface area (Å²) in [5, 5.41) is 10.7. The van der Waals surface area contributed by atoms with Gasteiger partial charge in [-0.3, -0.25) is 10.2 Å². The highest BCUT2D eigenvalue weighted by molar-refractivity contribution is 6.33. The van der Waals surface area contributed by atoms with Crippen LogP contribution in [-0.2, 0) is 0 Å². The first-order valence-corrected chi connectivity index (χ1v) is 8.61. The number of pyridine rings is 1. The molecule has 1 aliphatic heterocycles. The summed E-state index contributed by atoms with van der Waals surface area (Å²) in [6.45, 7) is 6.83. The molecule has 0 bridgehead atoms. The van der Waals surface area contributed by atoms with E-state index in [2.05, 4.69) is 29.0 Å². The second kappa shape index (κ2) is 6.72. The molecule has 6 nitrogen and oxygen atoms in total. The van der Waals surface area contributed by atoms with Crippen LogP contribution in [0.25, 0.3) is 0 Å². The zero-order valence-electron chi connectivity index (χ0n) is 13.8. The molecule has 1 aromatic rings. The van der Waals surface area contributed by atoms with Crippen molar-refractivity contribution in [3.05, 3.63) is 17.0 Å². The summed E-state index contributed by atoms with van der Waals surface area (Å²) in [5.74, 6) is 0.354. The van der Waals surface area contributed by atoms with E-state index >= 15 is 0 Å². The van der Waals surface area contributed by atoms with Crippen molar-refractivity contribution in [3.8, 4) is 0 Å². The van der Waals surface area contributed by atoms with Crippen LogP contribution in [0.1, 0.15) is 26.7 Å². The predicted molar refractivity (Wildman–Crippen MR) is 91.4 cm³/mol. The molecule has 1 saturated carbocycles. The lowest BCUT2D eigenvalue weighted by Crippen LogP contribution is -2.55. The SMILES string of the molecule is CC(C1CC1)N1CCN(c2cc(NC(=O)O)c(Cl)c(F)n2)[C@@H](C)C1. The van der Waals surface area contributed by atoms with Gasteiger partial charge in [0.2, 0.25) is 5.95 Å². The maximum absolute atomic E-state index is 14.0. The third-order valence-electron chi connectivity index (χ3n) is 4.98. The van der Waals surface area contributed by atoms with E-state index in [4.69, 9.17) is 16.7 Å². The molecule has 2 atom stereocenters. The molecule has 8 heteroatoms. The van der Waals surface area contributed by atoms with Crippen LogP contribution in [0.15, 0.2) is 6.07 Å². The highest BCUT2D eigenvalue weighted by Crippen LogP contribution is 2.36. The van der Waals surface area contributed by atoms with Crippen molar-refractivity contribution in [2.24, 2.45) is 5.92 Å². The number of carboxylic acid groups (broad SMARTS) is 1. The molecule has 1 unspecified atom stereocenters. The molecular formula is C16H22ClFN4O2. The Bertz CT molecular complexity index is 641. The summed E-state index contributed by atoms with van der Waals surface area (Å²) in [7, 11) is 0. The van der Waals surface area contributed by atoms with E-state index in [-0.39, 0.29) is 16.8 Å². The summed E-state index contributed by atoms with van der Waals surface area (Å²) >= 11 is 5.80. The minimum Gasteiger partial charge on any atom is -0.465 e. The van der Waals surface area contributed by atoms with Gasteiger partial charge >= 0.3 is 6.09 Å². The van der Waals surface area contributed by atoms with E-state index in [1.54, 1.807) is 0 Å². The topological polar surface area (TPSA) is 68.7 Å². The van der Waals surface area contributed by atoms with Crippen LogP contribution in [-0.4, -0.2) is 52.8 Å². The van der Waals surface area contributed by atoms with Gasteiger partial charge in [0.25, 0.3) is 0 Å². The van der Waals surface area contributed by atoms with E-state index < -0.39 is 12.0 Å². The highest BCUT2D eigenvalue weighted by atomic mass is 35.5. The summed E-state index contributed by atoms with van der Waals surface area (Å²) < 4.78 is 14.0. The molecule has 1 saturated heterocycles. The number of rotatable bonds is 4. The van der Waals surface area contributed by atoms with Crippen molar-refractivity contribution < 1.29 is 14.3 Å². The third-order valence-corrected chi connectivity index (χ3v) is 5.34. The number of amides is 1. The number of anilines is 2. The second-order valence-electron chi connectivity index (χ2n) is 6.68. The standard InChI is InChI=1S/C16H22ClFN4O2/c1-9-8-21(10(2)11-3-4-11)5-6-22(9)13-7-12(19-16(23)24)14(17)15(18)20-13/h7,9-11H,3-6,8H2,1-2H3,(H,19,20)(H,23,24)/t9-,10?/m0/s1. The second-order valence-corrected chi connectivity index (χ2v) is 7.06. The molecule has 0 aromatic carbocycles. The molecular weight excluding hydrogens is 335 g/mol. The number of hydrogen-bond acceptors (Lipinski definition) is 4. The molecule has 132 valence electrons. The maximum Gasteiger partial charge on any atom is 0.409 e. The van der Waals surface area contributed by atoms with Crippen molar-refractivity contribution in [1.29, 1.82) is 0 Å². The first-order chi connectivity index (χ1) is 11.4. The normalized spacial score (nSPS) is 23.2. The van der Waals surface area contributed by atoms with E-state index in [0.717, 1.165) is 25.6 Å². The Morgan fingerprint density at radius 2 is 2.21 bits per heavy atom. The number of hydrogen-bond donors (Lipinski definition) is 2. The molecule has 0 radical (unpaired) electrons. The van der Waals surface area contributed by atoms with Crippen LogP contribution in [0.4, 0.5) is 20.7 Å². The number of nitrogens with zero attached hydrogens (tertiary/aromatic N) is 3. The molecule has 2 fully saturated rings. The molecule has 2 aliphatic rings. The number of piperazine rings is 1. The predicted octanol–water partition coefficient (Wildman–Crippen LogP) is 3.27. The van der Waals surface area contributed by atoms with E-state index in [1.165, 1.54) is 18.9 Å². The molecule has 1 aliphatic carbocycles. The van der Waals surface area contributed by atoms with Crippen molar-refractivity contribution in [3.63, 3.8) is 0 Å². The quantitative estimate of drug-likeness (QED) is 0.810. The number of aromatic nitrogens is 1. The van der Waals surface area contributed by atoms with Crippen LogP contribution in [0.5, 0.6) is 0 Å².